The van der Waals surface area contributed by atoms with Crippen molar-refractivity contribution in [1.82, 2.24) is 4.90 Å². The lowest BCUT2D eigenvalue weighted by molar-refractivity contribution is -0.161. The average molecular weight is 441 g/mol. The number of carbonyl (C=O) groups excluding carboxylic acids is 2. The van der Waals surface area contributed by atoms with Crippen LogP contribution < -0.4 is 5.32 Å². The number of aryl methyl sites for hydroxylation is 1. The van der Waals surface area contributed by atoms with E-state index < -0.39 is 35.2 Å². The molecule has 1 heterocycles. The van der Waals surface area contributed by atoms with Crippen LogP contribution in [0, 0.1) is 12.7 Å². The zero-order valence-corrected chi connectivity index (χ0v) is 16.8. The molecule has 5 nitrogen and oxygen atoms in total. The molecular formula is C21H20ClF3N2O3. The molecule has 1 aliphatic heterocycles. The van der Waals surface area contributed by atoms with Gasteiger partial charge in [0.25, 0.3) is 11.8 Å². The van der Waals surface area contributed by atoms with E-state index in [-0.39, 0.29) is 47.8 Å². The first-order valence-electron chi connectivity index (χ1n) is 9.32. The maximum atomic E-state index is 15.0. The third-order valence-electron chi connectivity index (χ3n) is 5.04. The molecular weight excluding hydrogens is 421 g/mol. The Hall–Kier alpha value is -2.58. The van der Waals surface area contributed by atoms with Crippen LogP contribution in [0.3, 0.4) is 0 Å². The fourth-order valence-corrected chi connectivity index (χ4v) is 3.48. The number of carbonyl (C=O) groups is 2. The molecule has 0 unspecified atom stereocenters. The van der Waals surface area contributed by atoms with E-state index in [1.54, 1.807) is 0 Å². The fourth-order valence-electron chi connectivity index (χ4n) is 3.27. The van der Waals surface area contributed by atoms with Gasteiger partial charge in [0.15, 0.2) is 0 Å². The van der Waals surface area contributed by atoms with Gasteiger partial charge in [0.1, 0.15) is 5.82 Å². The zero-order chi connectivity index (χ0) is 22.1. The van der Waals surface area contributed by atoms with E-state index in [0.29, 0.717) is 0 Å². The van der Waals surface area contributed by atoms with Gasteiger partial charge in [0.2, 0.25) is 0 Å². The van der Waals surface area contributed by atoms with Gasteiger partial charge in [-0.1, -0.05) is 17.7 Å². The van der Waals surface area contributed by atoms with Crippen LogP contribution >= 0.6 is 11.6 Å². The summed E-state index contributed by atoms with van der Waals surface area (Å²) >= 11 is 5.89. The minimum atomic E-state index is -3.84. The first-order valence-corrected chi connectivity index (χ1v) is 9.70. The van der Waals surface area contributed by atoms with E-state index in [1.807, 2.05) is 0 Å². The number of nitrogens with zero attached hydrogens (tertiary/aromatic N) is 1. The number of anilines is 1. The molecule has 0 atom stereocenters. The van der Waals surface area contributed by atoms with Crippen LogP contribution in [0.5, 0.6) is 0 Å². The standard InChI is InChI=1S/C21H20ClF3N2O3/c1-12-2-3-13(19(29)26-18-5-4-14(23)11-17(18)22)10-16(12)21(24,25)20(30)27-8-6-15(28)7-9-27/h2-5,10-11,15,28H,6-9H2,1H3,(H,26,29). The lowest BCUT2D eigenvalue weighted by Crippen LogP contribution is -2.47. The minimum absolute atomic E-state index is 0.0384. The first kappa shape index (κ1) is 22.1. The molecule has 0 aliphatic carbocycles. The summed E-state index contributed by atoms with van der Waals surface area (Å²) in [6.45, 7) is 1.50. The monoisotopic (exact) mass is 440 g/mol. The molecule has 1 fully saturated rings. The molecule has 30 heavy (non-hydrogen) atoms. The van der Waals surface area contributed by atoms with Crippen molar-refractivity contribution in [2.75, 3.05) is 18.4 Å². The largest absolute Gasteiger partial charge is 0.393 e. The molecule has 2 aromatic carbocycles. The molecule has 1 saturated heterocycles. The summed E-state index contributed by atoms with van der Waals surface area (Å²) in [4.78, 5) is 26.0. The predicted octanol–water partition coefficient (Wildman–Crippen LogP) is 4.11. The van der Waals surface area contributed by atoms with E-state index >= 15 is 8.78 Å². The van der Waals surface area contributed by atoms with Gasteiger partial charge in [-0.05, 0) is 55.7 Å². The SMILES string of the molecule is Cc1ccc(C(=O)Nc2ccc(F)cc2Cl)cc1C(F)(F)C(=O)N1CCC(O)CC1. The molecule has 2 N–H and O–H groups in total. The Balaban J connectivity index is 1.84. The van der Waals surface area contributed by atoms with Crippen molar-refractivity contribution in [3.05, 3.63) is 63.9 Å². The number of hydrogen-bond acceptors (Lipinski definition) is 3. The van der Waals surface area contributed by atoms with Gasteiger partial charge >= 0.3 is 5.92 Å². The van der Waals surface area contributed by atoms with Gasteiger partial charge in [-0.3, -0.25) is 9.59 Å². The number of halogens is 4. The Bertz CT molecular complexity index is 976. The lowest BCUT2D eigenvalue weighted by Gasteiger charge is -2.32. The topological polar surface area (TPSA) is 69.6 Å². The van der Waals surface area contributed by atoms with Crippen molar-refractivity contribution in [2.45, 2.75) is 31.8 Å². The quantitative estimate of drug-likeness (QED) is 0.751. The van der Waals surface area contributed by atoms with Gasteiger partial charge < -0.3 is 15.3 Å². The Labute approximate surface area is 176 Å². The van der Waals surface area contributed by atoms with Crippen LogP contribution in [-0.4, -0.2) is 41.0 Å². The zero-order valence-electron chi connectivity index (χ0n) is 16.1. The van der Waals surface area contributed by atoms with Crippen molar-refractivity contribution in [3.63, 3.8) is 0 Å². The molecule has 0 saturated carbocycles. The molecule has 2 aromatic rings. The second-order valence-corrected chi connectivity index (χ2v) is 7.61. The number of likely N-dealkylation sites (tertiary alicyclic amines) is 1. The minimum Gasteiger partial charge on any atom is -0.393 e. The molecule has 1 aliphatic rings. The highest BCUT2D eigenvalue weighted by Crippen LogP contribution is 2.34. The summed E-state index contributed by atoms with van der Waals surface area (Å²) < 4.78 is 43.2. The summed E-state index contributed by atoms with van der Waals surface area (Å²) in [6, 6.07) is 7.03. The third-order valence-corrected chi connectivity index (χ3v) is 5.35. The second-order valence-electron chi connectivity index (χ2n) is 7.21. The highest BCUT2D eigenvalue weighted by atomic mass is 35.5. The molecule has 0 spiro atoms. The molecule has 0 bridgehead atoms. The fraction of sp³-hybridized carbons (Fsp3) is 0.333. The van der Waals surface area contributed by atoms with Crippen molar-refractivity contribution in [3.8, 4) is 0 Å². The van der Waals surface area contributed by atoms with Crippen molar-refractivity contribution in [2.24, 2.45) is 0 Å². The summed E-state index contributed by atoms with van der Waals surface area (Å²) in [5, 5.41) is 11.9. The van der Waals surface area contributed by atoms with Crippen LogP contribution in [0.15, 0.2) is 36.4 Å². The van der Waals surface area contributed by atoms with Crippen LogP contribution in [0.25, 0.3) is 0 Å². The van der Waals surface area contributed by atoms with Crippen molar-refractivity contribution in [1.29, 1.82) is 0 Å². The van der Waals surface area contributed by atoms with E-state index in [2.05, 4.69) is 5.32 Å². The summed E-state index contributed by atoms with van der Waals surface area (Å²) in [7, 11) is 0. The molecule has 9 heteroatoms. The molecule has 3 rings (SSSR count). The lowest BCUT2D eigenvalue weighted by atomic mass is 9.97. The maximum Gasteiger partial charge on any atom is 0.350 e. The molecule has 160 valence electrons. The van der Waals surface area contributed by atoms with Crippen molar-refractivity contribution < 1.29 is 27.9 Å². The van der Waals surface area contributed by atoms with Crippen LogP contribution in [0.1, 0.15) is 34.3 Å². The summed E-state index contributed by atoms with van der Waals surface area (Å²) in [5.41, 5.74) is -0.393. The molecule has 0 aromatic heterocycles. The van der Waals surface area contributed by atoms with Crippen molar-refractivity contribution >= 4 is 29.1 Å². The predicted molar refractivity (Wildman–Crippen MR) is 106 cm³/mol. The van der Waals surface area contributed by atoms with Crippen LogP contribution in [0.2, 0.25) is 5.02 Å². The number of benzene rings is 2. The number of aliphatic hydroxyl groups excluding tert-OH is 1. The Morgan fingerprint density at radius 2 is 1.83 bits per heavy atom. The Morgan fingerprint density at radius 3 is 2.47 bits per heavy atom. The normalized spacial score (nSPS) is 15.2. The Morgan fingerprint density at radius 1 is 1.17 bits per heavy atom. The number of nitrogens with one attached hydrogen (secondary N) is 1. The van der Waals surface area contributed by atoms with E-state index in [1.165, 1.54) is 25.1 Å². The van der Waals surface area contributed by atoms with Crippen LogP contribution in [0.4, 0.5) is 18.9 Å². The number of amides is 2. The Kier molecular flexibility index (Phi) is 6.38. The van der Waals surface area contributed by atoms with Gasteiger partial charge in [-0.15, -0.1) is 0 Å². The van der Waals surface area contributed by atoms with Gasteiger partial charge in [0, 0.05) is 24.2 Å². The number of aliphatic hydroxyl groups is 1. The number of rotatable bonds is 4. The first-order chi connectivity index (χ1) is 14.1. The average Bonchev–Trinajstić information content (AvgIpc) is 2.70. The highest BCUT2D eigenvalue weighted by Gasteiger charge is 2.45. The number of piperidine rings is 1. The highest BCUT2D eigenvalue weighted by molar-refractivity contribution is 6.33. The maximum absolute atomic E-state index is 15.0. The van der Waals surface area contributed by atoms with E-state index in [9.17, 15) is 19.1 Å². The molecule has 0 radical (unpaired) electrons. The number of hydrogen-bond donors (Lipinski definition) is 2. The van der Waals surface area contributed by atoms with E-state index in [4.69, 9.17) is 11.6 Å². The summed E-state index contributed by atoms with van der Waals surface area (Å²) in [6.07, 6.45) is -0.127. The third kappa shape index (κ3) is 4.60. The number of alkyl halides is 2. The van der Waals surface area contributed by atoms with Gasteiger partial charge in [-0.25, -0.2) is 4.39 Å². The smallest absolute Gasteiger partial charge is 0.350 e. The van der Waals surface area contributed by atoms with Gasteiger partial charge in [0.05, 0.1) is 16.8 Å². The van der Waals surface area contributed by atoms with E-state index in [0.717, 1.165) is 23.1 Å². The molecule has 2 amide bonds. The second kappa shape index (κ2) is 8.65. The van der Waals surface area contributed by atoms with Crippen LogP contribution in [-0.2, 0) is 10.7 Å². The summed E-state index contributed by atoms with van der Waals surface area (Å²) in [5.74, 6) is -6.51. The van der Waals surface area contributed by atoms with Gasteiger partial charge in [-0.2, -0.15) is 8.78 Å².